The number of methoxy groups -OCH3 is 1. The maximum atomic E-state index is 5.19. The third-order valence-corrected chi connectivity index (χ3v) is 3.28. The van der Waals surface area contributed by atoms with E-state index in [9.17, 15) is 0 Å². The number of rotatable bonds is 9. The average Bonchev–Trinajstić information content (AvgIpc) is 2.25. The Labute approximate surface area is 109 Å². The van der Waals surface area contributed by atoms with Crippen LogP contribution in [0.3, 0.4) is 0 Å². The van der Waals surface area contributed by atoms with Crippen LogP contribution in [0.25, 0.3) is 0 Å². The maximum Gasteiger partial charge on any atom is 0.166 e. The van der Waals surface area contributed by atoms with Gasteiger partial charge in [-0.1, -0.05) is 6.92 Å². The van der Waals surface area contributed by atoms with Crippen molar-refractivity contribution in [3.8, 4) is 0 Å². The first-order chi connectivity index (χ1) is 7.70. The minimum absolute atomic E-state index is 0.446. The van der Waals surface area contributed by atoms with Gasteiger partial charge in [0, 0.05) is 26.3 Å². The van der Waals surface area contributed by atoms with E-state index in [1.54, 1.807) is 7.11 Å². The Morgan fingerprint density at radius 2 is 2.25 bits per heavy atom. The zero-order chi connectivity index (χ0) is 12.2. The fraction of sp³-hybridized carbons (Fsp3) is 0.909. The maximum absolute atomic E-state index is 5.19. The molecule has 0 bridgehead atoms. The van der Waals surface area contributed by atoms with Gasteiger partial charge in [-0.2, -0.15) is 11.8 Å². The van der Waals surface area contributed by atoms with Crippen molar-refractivity contribution in [2.75, 3.05) is 31.8 Å². The van der Waals surface area contributed by atoms with Crippen molar-refractivity contribution in [1.82, 2.24) is 10.6 Å². The Hall–Kier alpha value is -0.0000000000000000486. The SMILES string of the molecule is CCSCCC(C)NC(=S)NCCCOC. The van der Waals surface area contributed by atoms with Gasteiger partial charge < -0.3 is 15.4 Å². The highest BCUT2D eigenvalue weighted by Gasteiger charge is 2.02. The molecule has 5 heteroatoms. The molecule has 0 aromatic carbocycles. The first kappa shape index (κ1) is 16.0. The molecule has 0 rings (SSSR count). The van der Waals surface area contributed by atoms with Crippen LogP contribution in [0.2, 0.25) is 0 Å². The lowest BCUT2D eigenvalue weighted by Crippen LogP contribution is -2.41. The van der Waals surface area contributed by atoms with Gasteiger partial charge in [0.05, 0.1) is 0 Å². The van der Waals surface area contributed by atoms with E-state index in [2.05, 4.69) is 24.5 Å². The molecule has 0 aliphatic carbocycles. The zero-order valence-corrected chi connectivity index (χ0v) is 12.2. The summed E-state index contributed by atoms with van der Waals surface area (Å²) in [6.45, 7) is 6.00. The quantitative estimate of drug-likeness (QED) is 0.492. The molecule has 0 amide bonds. The van der Waals surface area contributed by atoms with Crippen LogP contribution in [0.1, 0.15) is 26.7 Å². The number of nitrogens with one attached hydrogen (secondary N) is 2. The number of thiocarbonyl (C=S) groups is 1. The molecule has 16 heavy (non-hydrogen) atoms. The summed E-state index contributed by atoms with van der Waals surface area (Å²) in [5.74, 6) is 2.38. The van der Waals surface area contributed by atoms with Gasteiger partial charge in [-0.05, 0) is 43.5 Å². The van der Waals surface area contributed by atoms with Crippen LogP contribution >= 0.6 is 24.0 Å². The summed E-state index contributed by atoms with van der Waals surface area (Å²) in [5.41, 5.74) is 0. The molecule has 0 saturated carbocycles. The van der Waals surface area contributed by atoms with Gasteiger partial charge in [0.1, 0.15) is 0 Å². The summed E-state index contributed by atoms with van der Waals surface area (Å²) in [5, 5.41) is 7.21. The summed E-state index contributed by atoms with van der Waals surface area (Å²) in [7, 11) is 1.71. The molecule has 0 heterocycles. The molecule has 0 saturated heterocycles. The number of hydrogen-bond donors (Lipinski definition) is 2. The normalized spacial score (nSPS) is 12.2. The van der Waals surface area contributed by atoms with Crippen molar-refractivity contribution in [3.63, 3.8) is 0 Å². The van der Waals surface area contributed by atoms with Crippen LogP contribution < -0.4 is 10.6 Å². The van der Waals surface area contributed by atoms with E-state index < -0.39 is 0 Å². The van der Waals surface area contributed by atoms with Crippen LogP contribution in [0.5, 0.6) is 0 Å². The Morgan fingerprint density at radius 3 is 2.88 bits per heavy atom. The van der Waals surface area contributed by atoms with E-state index >= 15 is 0 Å². The van der Waals surface area contributed by atoms with Gasteiger partial charge in [-0.25, -0.2) is 0 Å². The van der Waals surface area contributed by atoms with Gasteiger partial charge in [-0.3, -0.25) is 0 Å². The summed E-state index contributed by atoms with van der Waals surface area (Å²) in [4.78, 5) is 0. The topological polar surface area (TPSA) is 33.3 Å². The number of ether oxygens (including phenoxy) is 1. The fourth-order valence-corrected chi connectivity index (χ4v) is 2.28. The highest BCUT2D eigenvalue weighted by molar-refractivity contribution is 7.99. The summed E-state index contributed by atoms with van der Waals surface area (Å²) >= 11 is 7.16. The molecule has 1 unspecified atom stereocenters. The van der Waals surface area contributed by atoms with Crippen LogP contribution in [0, 0.1) is 0 Å². The molecule has 0 aromatic heterocycles. The van der Waals surface area contributed by atoms with Crippen LogP contribution in [0.4, 0.5) is 0 Å². The van der Waals surface area contributed by atoms with Crippen LogP contribution in [-0.2, 0) is 4.74 Å². The van der Waals surface area contributed by atoms with Gasteiger partial charge in [0.15, 0.2) is 5.11 Å². The second-order valence-electron chi connectivity index (χ2n) is 3.63. The Balaban J connectivity index is 3.39. The van der Waals surface area contributed by atoms with Crippen molar-refractivity contribution >= 4 is 29.1 Å². The van der Waals surface area contributed by atoms with Crippen molar-refractivity contribution in [2.24, 2.45) is 0 Å². The summed E-state index contributed by atoms with van der Waals surface area (Å²) < 4.78 is 4.96. The Kier molecular flexibility index (Phi) is 11.5. The molecule has 0 aliphatic rings. The lowest BCUT2D eigenvalue weighted by molar-refractivity contribution is 0.195. The standard InChI is InChI=1S/C11H24N2OS2/c1-4-16-9-6-10(2)13-11(15)12-7-5-8-14-3/h10H,4-9H2,1-3H3,(H2,12,13,15). The van der Waals surface area contributed by atoms with E-state index in [1.807, 2.05) is 11.8 Å². The second kappa shape index (κ2) is 11.5. The molecule has 96 valence electrons. The van der Waals surface area contributed by atoms with Crippen LogP contribution in [-0.4, -0.2) is 42.9 Å². The van der Waals surface area contributed by atoms with Gasteiger partial charge >= 0.3 is 0 Å². The fourth-order valence-electron chi connectivity index (χ4n) is 1.17. The van der Waals surface area contributed by atoms with Crippen molar-refractivity contribution in [1.29, 1.82) is 0 Å². The number of hydrogen-bond acceptors (Lipinski definition) is 3. The highest BCUT2D eigenvalue weighted by atomic mass is 32.2. The van der Waals surface area contributed by atoms with Crippen LogP contribution in [0.15, 0.2) is 0 Å². The minimum atomic E-state index is 0.446. The molecular formula is C11H24N2OS2. The van der Waals surface area contributed by atoms with E-state index in [1.165, 1.54) is 11.5 Å². The Bertz CT molecular complexity index is 179. The molecule has 1 atom stereocenters. The lowest BCUT2D eigenvalue weighted by atomic mass is 10.3. The van der Waals surface area contributed by atoms with Gasteiger partial charge in [0.2, 0.25) is 0 Å². The lowest BCUT2D eigenvalue weighted by Gasteiger charge is -2.16. The first-order valence-corrected chi connectivity index (χ1v) is 7.38. The summed E-state index contributed by atoms with van der Waals surface area (Å²) in [6, 6.07) is 0.446. The Morgan fingerprint density at radius 1 is 1.50 bits per heavy atom. The van der Waals surface area contributed by atoms with Gasteiger partial charge in [-0.15, -0.1) is 0 Å². The number of thioether (sulfide) groups is 1. The molecule has 0 aromatic rings. The highest BCUT2D eigenvalue weighted by Crippen LogP contribution is 2.03. The van der Waals surface area contributed by atoms with Crippen molar-refractivity contribution in [3.05, 3.63) is 0 Å². The van der Waals surface area contributed by atoms with Crippen molar-refractivity contribution < 1.29 is 4.74 Å². The second-order valence-corrected chi connectivity index (χ2v) is 5.44. The monoisotopic (exact) mass is 264 g/mol. The predicted molar refractivity (Wildman–Crippen MR) is 77.3 cm³/mol. The average molecular weight is 264 g/mol. The van der Waals surface area contributed by atoms with Gasteiger partial charge in [0.25, 0.3) is 0 Å². The van der Waals surface area contributed by atoms with E-state index in [-0.39, 0.29) is 0 Å². The molecule has 0 aliphatic heterocycles. The molecule has 0 radical (unpaired) electrons. The first-order valence-electron chi connectivity index (χ1n) is 5.81. The van der Waals surface area contributed by atoms with E-state index in [0.29, 0.717) is 6.04 Å². The van der Waals surface area contributed by atoms with Crippen molar-refractivity contribution in [2.45, 2.75) is 32.7 Å². The molecule has 0 spiro atoms. The third kappa shape index (κ3) is 10.5. The van der Waals surface area contributed by atoms with E-state index in [0.717, 1.165) is 31.1 Å². The predicted octanol–water partition coefficient (Wildman–Crippen LogP) is 2.02. The molecular weight excluding hydrogens is 240 g/mol. The molecule has 3 nitrogen and oxygen atoms in total. The minimum Gasteiger partial charge on any atom is -0.385 e. The largest absolute Gasteiger partial charge is 0.385 e. The molecule has 2 N–H and O–H groups in total. The van der Waals surface area contributed by atoms with E-state index in [4.69, 9.17) is 17.0 Å². The summed E-state index contributed by atoms with van der Waals surface area (Å²) in [6.07, 6.45) is 2.14. The zero-order valence-electron chi connectivity index (χ0n) is 10.5. The third-order valence-electron chi connectivity index (χ3n) is 2.09. The smallest absolute Gasteiger partial charge is 0.166 e. The molecule has 0 fully saturated rings.